The van der Waals surface area contributed by atoms with E-state index in [0.717, 1.165) is 22.2 Å². The average Bonchev–Trinajstić information content (AvgIpc) is 2.97. The van der Waals surface area contributed by atoms with Gasteiger partial charge in [-0.15, -0.1) is 0 Å². The molecule has 0 amide bonds. The summed E-state index contributed by atoms with van der Waals surface area (Å²) in [5, 5.41) is 10.7. The number of hydrogen-bond donors (Lipinski definition) is 3. The van der Waals surface area contributed by atoms with Gasteiger partial charge in [-0.1, -0.05) is 37.8 Å². The number of carbonyl (C=O) groups is 1. The largest absolute Gasteiger partial charge is 0.399 e. The Morgan fingerprint density at radius 1 is 1.15 bits per heavy atom. The second-order valence-corrected chi connectivity index (χ2v) is 8.20. The van der Waals surface area contributed by atoms with Crippen LogP contribution in [-0.4, -0.2) is 21.5 Å². The van der Waals surface area contributed by atoms with E-state index in [1.165, 1.54) is 0 Å². The summed E-state index contributed by atoms with van der Waals surface area (Å²) in [5.74, 6) is 5.76. The lowest BCUT2D eigenvalue weighted by Crippen LogP contribution is -2.30. The van der Waals surface area contributed by atoms with Crippen LogP contribution < -0.4 is 5.73 Å². The molecule has 4 rings (SSSR count). The van der Waals surface area contributed by atoms with Crippen molar-refractivity contribution in [3.63, 3.8) is 0 Å². The van der Waals surface area contributed by atoms with Gasteiger partial charge in [-0.05, 0) is 43.7 Å². The first-order valence-corrected chi connectivity index (χ1v) is 8.94. The lowest BCUT2D eigenvalue weighted by atomic mass is 9.71. The van der Waals surface area contributed by atoms with Gasteiger partial charge < -0.3 is 15.8 Å². The number of benzene rings is 2. The van der Waals surface area contributed by atoms with Crippen molar-refractivity contribution in [1.82, 2.24) is 4.98 Å². The monoisotopic (exact) mass is 358 g/mol. The van der Waals surface area contributed by atoms with Crippen molar-refractivity contribution in [2.45, 2.75) is 38.7 Å². The second-order valence-electron chi connectivity index (χ2n) is 8.20. The van der Waals surface area contributed by atoms with E-state index in [0.29, 0.717) is 22.4 Å². The van der Waals surface area contributed by atoms with Crippen LogP contribution in [0, 0.1) is 11.8 Å². The minimum absolute atomic E-state index is 0.0118. The molecule has 0 aliphatic heterocycles. The molecule has 0 atom stereocenters. The number of anilines is 1. The molecule has 1 aliphatic rings. The fraction of sp³-hybridized carbons (Fsp3) is 0.261. The zero-order valence-electron chi connectivity index (χ0n) is 15.9. The van der Waals surface area contributed by atoms with Gasteiger partial charge in [-0.2, -0.15) is 0 Å². The van der Waals surface area contributed by atoms with Gasteiger partial charge >= 0.3 is 0 Å². The first-order valence-electron chi connectivity index (χ1n) is 8.94. The average molecular weight is 358 g/mol. The number of fused-ring (bicyclic) bond motifs is 4. The first kappa shape index (κ1) is 17.4. The molecular weight excluding hydrogens is 336 g/mol. The molecule has 4 nitrogen and oxygen atoms in total. The highest BCUT2D eigenvalue weighted by Gasteiger charge is 2.39. The quantitative estimate of drug-likeness (QED) is 0.423. The summed E-state index contributed by atoms with van der Waals surface area (Å²) in [4.78, 5) is 16.8. The number of carbonyl (C=O) groups excluding carboxylic acids is 1. The molecule has 27 heavy (non-hydrogen) atoms. The van der Waals surface area contributed by atoms with Gasteiger partial charge in [0.2, 0.25) is 0 Å². The molecule has 4 N–H and O–H groups in total. The number of nitrogen functional groups attached to an aromatic ring is 1. The van der Waals surface area contributed by atoms with Crippen LogP contribution in [0.1, 0.15) is 60.4 Å². The van der Waals surface area contributed by atoms with E-state index in [9.17, 15) is 9.90 Å². The number of nitrogens with two attached hydrogens (primary N) is 1. The van der Waals surface area contributed by atoms with Crippen molar-refractivity contribution in [3.8, 4) is 11.8 Å². The smallest absolute Gasteiger partial charge is 0.195 e. The number of rotatable bonds is 0. The molecule has 0 saturated heterocycles. The number of hydrogen-bond acceptors (Lipinski definition) is 3. The Morgan fingerprint density at radius 2 is 1.89 bits per heavy atom. The Morgan fingerprint density at radius 3 is 2.59 bits per heavy atom. The molecule has 0 radical (unpaired) electrons. The van der Waals surface area contributed by atoms with E-state index in [1.54, 1.807) is 13.8 Å². The summed E-state index contributed by atoms with van der Waals surface area (Å²) in [7, 11) is 0. The molecule has 1 heterocycles. The van der Waals surface area contributed by atoms with Crippen molar-refractivity contribution in [1.29, 1.82) is 0 Å². The number of ketones is 1. The van der Waals surface area contributed by atoms with Crippen LogP contribution in [0.3, 0.4) is 0 Å². The van der Waals surface area contributed by atoms with Crippen molar-refractivity contribution in [2.24, 2.45) is 0 Å². The normalized spacial score (nSPS) is 15.1. The Balaban J connectivity index is 1.94. The third-order valence-electron chi connectivity index (χ3n) is 5.12. The molecule has 1 aliphatic carbocycles. The SMILES string of the molecule is CC(C)(O)C#Cc1ccc2c(c1)C(=O)c1c([nH]c3cc(N)ccc13)C2(C)C. The van der Waals surface area contributed by atoms with Crippen molar-refractivity contribution in [3.05, 3.63) is 64.3 Å². The van der Waals surface area contributed by atoms with Crippen LogP contribution in [0.4, 0.5) is 5.69 Å². The van der Waals surface area contributed by atoms with Crippen molar-refractivity contribution >= 4 is 22.4 Å². The lowest BCUT2D eigenvalue weighted by Gasteiger charge is -2.32. The highest BCUT2D eigenvalue weighted by Crippen LogP contribution is 2.43. The standard InChI is InChI=1S/C23H22N2O2/c1-22(2,27)10-9-13-5-8-17-16(11-13)20(26)19-15-7-6-14(24)12-18(15)25-21(19)23(17,3)4/h5-8,11-12,25,27H,24H2,1-4H3. The number of aromatic amines is 1. The van der Waals surface area contributed by atoms with E-state index in [4.69, 9.17) is 5.73 Å². The number of H-pyrrole nitrogens is 1. The zero-order valence-corrected chi connectivity index (χ0v) is 15.9. The number of nitrogens with one attached hydrogen (secondary N) is 1. The van der Waals surface area contributed by atoms with E-state index in [-0.39, 0.29) is 11.2 Å². The molecule has 0 spiro atoms. The Kier molecular flexibility index (Phi) is 3.53. The maximum atomic E-state index is 13.4. The first-order chi connectivity index (χ1) is 12.6. The van der Waals surface area contributed by atoms with Gasteiger partial charge in [-0.25, -0.2) is 0 Å². The third-order valence-corrected chi connectivity index (χ3v) is 5.12. The minimum Gasteiger partial charge on any atom is -0.399 e. The highest BCUT2D eigenvalue weighted by molar-refractivity contribution is 6.20. The fourth-order valence-corrected chi connectivity index (χ4v) is 3.77. The van der Waals surface area contributed by atoms with Gasteiger partial charge in [0, 0.05) is 38.8 Å². The van der Waals surface area contributed by atoms with E-state index >= 15 is 0 Å². The Hall–Kier alpha value is -3.03. The van der Waals surface area contributed by atoms with Crippen molar-refractivity contribution < 1.29 is 9.90 Å². The molecule has 2 aromatic carbocycles. The van der Waals surface area contributed by atoms with E-state index in [1.807, 2.05) is 36.4 Å². The van der Waals surface area contributed by atoms with Crippen LogP contribution in [0.15, 0.2) is 36.4 Å². The zero-order chi connectivity index (χ0) is 19.6. The maximum Gasteiger partial charge on any atom is 0.195 e. The summed E-state index contributed by atoms with van der Waals surface area (Å²) >= 11 is 0. The van der Waals surface area contributed by atoms with Crippen LogP contribution in [0.2, 0.25) is 0 Å². The summed E-state index contributed by atoms with van der Waals surface area (Å²) in [6.07, 6.45) is 0. The lowest BCUT2D eigenvalue weighted by molar-refractivity contribution is 0.103. The molecule has 0 bridgehead atoms. The van der Waals surface area contributed by atoms with Gasteiger partial charge in [0.1, 0.15) is 5.60 Å². The Bertz CT molecular complexity index is 1160. The third kappa shape index (κ3) is 2.72. The van der Waals surface area contributed by atoms with Crippen LogP contribution in [0.25, 0.3) is 10.9 Å². The molecular formula is C23H22N2O2. The van der Waals surface area contributed by atoms with Gasteiger partial charge in [0.25, 0.3) is 0 Å². The van der Waals surface area contributed by atoms with E-state index < -0.39 is 5.60 Å². The van der Waals surface area contributed by atoms with Crippen LogP contribution >= 0.6 is 0 Å². The molecule has 0 unspecified atom stereocenters. The molecule has 0 saturated carbocycles. The molecule has 3 aromatic rings. The fourth-order valence-electron chi connectivity index (χ4n) is 3.77. The number of aromatic nitrogens is 1. The minimum atomic E-state index is -1.08. The molecule has 136 valence electrons. The van der Waals surface area contributed by atoms with E-state index in [2.05, 4.69) is 30.7 Å². The predicted molar refractivity (Wildman–Crippen MR) is 108 cm³/mol. The summed E-state index contributed by atoms with van der Waals surface area (Å²) < 4.78 is 0. The summed E-state index contributed by atoms with van der Waals surface area (Å²) in [6.45, 7) is 7.49. The maximum absolute atomic E-state index is 13.4. The van der Waals surface area contributed by atoms with Crippen LogP contribution in [-0.2, 0) is 5.41 Å². The topological polar surface area (TPSA) is 79.1 Å². The molecule has 1 aromatic heterocycles. The summed E-state index contributed by atoms with van der Waals surface area (Å²) in [5.41, 5.74) is 9.97. The molecule has 4 heteroatoms. The van der Waals surface area contributed by atoms with Crippen LogP contribution in [0.5, 0.6) is 0 Å². The van der Waals surface area contributed by atoms with Gasteiger partial charge in [-0.3, -0.25) is 4.79 Å². The number of aliphatic hydroxyl groups is 1. The summed E-state index contributed by atoms with van der Waals surface area (Å²) in [6, 6.07) is 11.3. The Labute approximate surface area is 158 Å². The van der Waals surface area contributed by atoms with Gasteiger partial charge in [0.15, 0.2) is 5.78 Å². The predicted octanol–water partition coefficient (Wildman–Crippen LogP) is 3.74. The highest BCUT2D eigenvalue weighted by atomic mass is 16.3. The molecule has 0 fully saturated rings. The second kappa shape index (κ2) is 5.48. The van der Waals surface area contributed by atoms with Crippen molar-refractivity contribution in [2.75, 3.05) is 5.73 Å². The van der Waals surface area contributed by atoms with Gasteiger partial charge in [0.05, 0.1) is 5.56 Å².